The third-order valence-electron chi connectivity index (χ3n) is 5.34. The maximum atomic E-state index is 6.00. The summed E-state index contributed by atoms with van der Waals surface area (Å²) >= 11 is 0. The van der Waals surface area contributed by atoms with Crippen molar-refractivity contribution in [2.45, 2.75) is 26.1 Å². The molecule has 0 bridgehead atoms. The van der Waals surface area contributed by atoms with Gasteiger partial charge in [0.15, 0.2) is 11.4 Å². The van der Waals surface area contributed by atoms with Gasteiger partial charge in [-0.15, -0.1) is 0 Å². The topological polar surface area (TPSA) is 63.4 Å². The lowest BCUT2D eigenvalue weighted by atomic mass is 10.1. The molecule has 5 rings (SSSR count). The van der Waals surface area contributed by atoms with Gasteiger partial charge in [-0.05, 0) is 30.2 Å². The number of anilines is 1. The van der Waals surface area contributed by atoms with E-state index < -0.39 is 0 Å². The van der Waals surface area contributed by atoms with Crippen molar-refractivity contribution < 1.29 is 9.15 Å². The molecule has 6 nitrogen and oxygen atoms in total. The zero-order chi connectivity index (χ0) is 19.6. The van der Waals surface area contributed by atoms with Gasteiger partial charge in [-0.3, -0.25) is 4.90 Å². The summed E-state index contributed by atoms with van der Waals surface area (Å²) in [5.41, 5.74) is 4.90. The normalized spacial score (nSPS) is 17.8. The van der Waals surface area contributed by atoms with Crippen LogP contribution in [0.5, 0.6) is 0 Å². The first-order chi connectivity index (χ1) is 14.3. The van der Waals surface area contributed by atoms with Gasteiger partial charge < -0.3 is 14.5 Å². The predicted molar refractivity (Wildman–Crippen MR) is 114 cm³/mol. The highest BCUT2D eigenvalue weighted by molar-refractivity contribution is 6.05. The van der Waals surface area contributed by atoms with Gasteiger partial charge in [0.1, 0.15) is 17.4 Å². The van der Waals surface area contributed by atoms with Gasteiger partial charge >= 0.3 is 0 Å². The third-order valence-corrected chi connectivity index (χ3v) is 5.34. The Morgan fingerprint density at radius 1 is 1.10 bits per heavy atom. The fraction of sp³-hybridized carbons (Fsp3) is 0.304. The number of hydrogen-bond donors (Lipinski definition) is 1. The second-order valence-electron chi connectivity index (χ2n) is 7.59. The molecule has 6 heteroatoms. The maximum absolute atomic E-state index is 6.00. The van der Waals surface area contributed by atoms with Crippen molar-refractivity contribution in [2.75, 3.05) is 25.0 Å². The van der Waals surface area contributed by atoms with E-state index in [1.54, 1.807) is 6.33 Å². The van der Waals surface area contributed by atoms with Crippen LogP contribution in [0.3, 0.4) is 0 Å². The number of fused-ring (bicyclic) bond motifs is 3. The SMILES string of the molecule is CC1CN(Cc2cccc(CNc3ncnc4c3oc3ccccc34)c2)CCO1. The Morgan fingerprint density at radius 2 is 2.00 bits per heavy atom. The first-order valence-electron chi connectivity index (χ1n) is 10.0. The second kappa shape index (κ2) is 7.81. The quantitative estimate of drug-likeness (QED) is 0.553. The van der Waals surface area contributed by atoms with Crippen LogP contribution in [0.2, 0.25) is 0 Å². The van der Waals surface area contributed by atoms with Gasteiger partial charge in [-0.25, -0.2) is 9.97 Å². The average molecular weight is 388 g/mol. The van der Waals surface area contributed by atoms with E-state index in [9.17, 15) is 0 Å². The summed E-state index contributed by atoms with van der Waals surface area (Å²) < 4.78 is 11.6. The molecule has 29 heavy (non-hydrogen) atoms. The molecule has 4 aromatic rings. The van der Waals surface area contributed by atoms with Gasteiger partial charge in [-0.1, -0.05) is 36.4 Å². The number of benzene rings is 2. The molecule has 0 aliphatic carbocycles. The zero-order valence-electron chi connectivity index (χ0n) is 16.5. The van der Waals surface area contributed by atoms with Crippen LogP contribution in [0.25, 0.3) is 22.1 Å². The second-order valence-corrected chi connectivity index (χ2v) is 7.59. The molecule has 0 spiro atoms. The number of ether oxygens (including phenoxy) is 1. The molecule has 1 fully saturated rings. The van der Waals surface area contributed by atoms with Gasteiger partial charge in [0.05, 0.1) is 12.7 Å². The van der Waals surface area contributed by atoms with Crippen molar-refractivity contribution in [3.05, 3.63) is 66.0 Å². The number of rotatable bonds is 5. The fourth-order valence-corrected chi connectivity index (χ4v) is 3.97. The highest BCUT2D eigenvalue weighted by Gasteiger charge is 2.17. The van der Waals surface area contributed by atoms with Crippen LogP contribution >= 0.6 is 0 Å². The van der Waals surface area contributed by atoms with Crippen molar-refractivity contribution >= 4 is 27.9 Å². The summed E-state index contributed by atoms with van der Waals surface area (Å²) in [5, 5.41) is 4.43. The molecule has 2 aromatic carbocycles. The van der Waals surface area contributed by atoms with Crippen LogP contribution in [0.4, 0.5) is 5.82 Å². The van der Waals surface area contributed by atoms with E-state index in [0.717, 1.165) is 48.5 Å². The molecule has 1 saturated heterocycles. The minimum atomic E-state index is 0.303. The van der Waals surface area contributed by atoms with Gasteiger partial charge in [0.25, 0.3) is 0 Å². The standard InChI is InChI=1S/C23H24N4O2/c1-16-13-27(9-10-28-16)14-18-6-4-5-17(11-18)12-24-23-22-21(25-15-26-23)19-7-2-3-8-20(19)29-22/h2-8,11,15-16H,9-10,12-14H2,1H3,(H,24,25,26). The average Bonchev–Trinajstić information content (AvgIpc) is 3.12. The molecule has 0 radical (unpaired) electrons. The van der Waals surface area contributed by atoms with Crippen LogP contribution in [-0.4, -0.2) is 40.7 Å². The Bertz CT molecular complexity index is 1140. The molecule has 1 unspecified atom stereocenters. The molecule has 2 aromatic heterocycles. The molecule has 1 aliphatic heterocycles. The number of morpholine rings is 1. The largest absolute Gasteiger partial charge is 0.450 e. The Balaban J connectivity index is 1.33. The van der Waals surface area contributed by atoms with Crippen LogP contribution in [-0.2, 0) is 17.8 Å². The van der Waals surface area contributed by atoms with Crippen molar-refractivity contribution in [1.29, 1.82) is 0 Å². The number of hydrogen-bond acceptors (Lipinski definition) is 6. The van der Waals surface area contributed by atoms with Gasteiger partial charge in [0.2, 0.25) is 0 Å². The van der Waals surface area contributed by atoms with E-state index in [-0.39, 0.29) is 0 Å². The molecule has 0 saturated carbocycles. The summed E-state index contributed by atoms with van der Waals surface area (Å²) in [5.74, 6) is 0.721. The predicted octanol–water partition coefficient (Wildman–Crippen LogP) is 4.21. The Hall–Kier alpha value is -2.96. The number of nitrogens with zero attached hydrogens (tertiary/aromatic N) is 3. The first kappa shape index (κ1) is 18.1. The highest BCUT2D eigenvalue weighted by atomic mass is 16.5. The zero-order valence-corrected chi connectivity index (χ0v) is 16.5. The number of nitrogens with one attached hydrogen (secondary N) is 1. The highest BCUT2D eigenvalue weighted by Crippen LogP contribution is 2.30. The molecule has 1 N–H and O–H groups in total. The summed E-state index contributed by atoms with van der Waals surface area (Å²) in [4.78, 5) is 11.3. The van der Waals surface area contributed by atoms with Gasteiger partial charge in [0, 0.05) is 31.6 Å². The van der Waals surface area contributed by atoms with E-state index in [0.29, 0.717) is 18.2 Å². The minimum Gasteiger partial charge on any atom is -0.450 e. The van der Waals surface area contributed by atoms with E-state index in [1.165, 1.54) is 11.1 Å². The van der Waals surface area contributed by atoms with E-state index in [1.807, 2.05) is 24.3 Å². The molecular weight excluding hydrogens is 364 g/mol. The molecule has 0 amide bonds. The Morgan fingerprint density at radius 3 is 2.93 bits per heavy atom. The van der Waals surface area contributed by atoms with Crippen molar-refractivity contribution in [3.8, 4) is 0 Å². The number of aromatic nitrogens is 2. The van der Waals surface area contributed by atoms with Crippen LogP contribution < -0.4 is 5.32 Å². The summed E-state index contributed by atoms with van der Waals surface area (Å²) in [6, 6.07) is 16.6. The summed E-state index contributed by atoms with van der Waals surface area (Å²) in [6.07, 6.45) is 1.89. The molecule has 1 atom stereocenters. The molecule has 3 heterocycles. The van der Waals surface area contributed by atoms with Gasteiger partial charge in [-0.2, -0.15) is 0 Å². The lowest BCUT2D eigenvalue weighted by Gasteiger charge is -2.31. The van der Waals surface area contributed by atoms with E-state index in [4.69, 9.17) is 9.15 Å². The van der Waals surface area contributed by atoms with Crippen LogP contribution in [0, 0.1) is 0 Å². The monoisotopic (exact) mass is 388 g/mol. The first-order valence-corrected chi connectivity index (χ1v) is 10.0. The minimum absolute atomic E-state index is 0.303. The Kier molecular flexibility index (Phi) is 4.87. The smallest absolute Gasteiger partial charge is 0.196 e. The lowest BCUT2D eigenvalue weighted by molar-refractivity contribution is -0.0212. The van der Waals surface area contributed by atoms with Crippen molar-refractivity contribution in [3.63, 3.8) is 0 Å². The number of furan rings is 1. The Labute approximate surface area is 169 Å². The summed E-state index contributed by atoms with van der Waals surface area (Å²) in [6.45, 7) is 6.53. The summed E-state index contributed by atoms with van der Waals surface area (Å²) in [7, 11) is 0. The molecule has 1 aliphatic rings. The lowest BCUT2D eigenvalue weighted by Crippen LogP contribution is -2.40. The molecular formula is C23H24N4O2. The van der Waals surface area contributed by atoms with Crippen LogP contribution in [0.15, 0.2) is 59.3 Å². The number of para-hydroxylation sites is 1. The maximum Gasteiger partial charge on any atom is 0.196 e. The fourth-order valence-electron chi connectivity index (χ4n) is 3.97. The molecule has 148 valence electrons. The van der Waals surface area contributed by atoms with Crippen LogP contribution in [0.1, 0.15) is 18.1 Å². The van der Waals surface area contributed by atoms with E-state index >= 15 is 0 Å². The van der Waals surface area contributed by atoms with Crippen molar-refractivity contribution in [1.82, 2.24) is 14.9 Å². The van der Waals surface area contributed by atoms with E-state index in [2.05, 4.69) is 51.4 Å². The van der Waals surface area contributed by atoms with Crippen molar-refractivity contribution in [2.24, 2.45) is 0 Å². The third kappa shape index (κ3) is 3.81.